The van der Waals surface area contributed by atoms with Crippen molar-refractivity contribution in [1.29, 1.82) is 0 Å². The Kier molecular flexibility index (Phi) is 5.40. The van der Waals surface area contributed by atoms with Gasteiger partial charge in [-0.05, 0) is 35.2 Å². The fraction of sp³-hybridized carbons (Fsp3) is 0.160. The number of nitrogens with zero attached hydrogens (tertiary/aromatic N) is 3. The first-order valence-electron chi connectivity index (χ1n) is 10.8. The van der Waals surface area contributed by atoms with Gasteiger partial charge in [0.25, 0.3) is 5.56 Å². The number of aromatic nitrogens is 2. The van der Waals surface area contributed by atoms with Crippen molar-refractivity contribution in [1.82, 2.24) is 9.55 Å². The lowest BCUT2D eigenvalue weighted by Crippen LogP contribution is -2.33. The molecule has 0 fully saturated rings. The minimum absolute atomic E-state index is 0.0705. The first-order valence-corrected chi connectivity index (χ1v) is 12.3. The van der Waals surface area contributed by atoms with Crippen LogP contribution in [0.1, 0.15) is 36.5 Å². The van der Waals surface area contributed by atoms with E-state index in [0.29, 0.717) is 16.7 Å². The van der Waals surface area contributed by atoms with Crippen LogP contribution in [0.2, 0.25) is 0 Å². The third-order valence-electron chi connectivity index (χ3n) is 5.85. The van der Waals surface area contributed by atoms with Gasteiger partial charge in [0.05, 0.1) is 17.6 Å². The van der Waals surface area contributed by atoms with E-state index in [9.17, 15) is 19.0 Å². The van der Waals surface area contributed by atoms with Crippen LogP contribution in [0.15, 0.2) is 80.9 Å². The van der Waals surface area contributed by atoms with Gasteiger partial charge in [-0.3, -0.25) is 18.5 Å². The summed E-state index contributed by atoms with van der Waals surface area (Å²) in [6, 6.07) is 18.0. The molecule has 174 valence electrons. The number of fused-ring (bicyclic) bond motifs is 2. The van der Waals surface area contributed by atoms with Gasteiger partial charge in [0.1, 0.15) is 21.9 Å². The molecule has 0 spiro atoms. The zero-order valence-electron chi connectivity index (χ0n) is 18.6. The molecule has 0 unspecified atom stereocenters. The highest BCUT2D eigenvalue weighted by Crippen LogP contribution is 2.57. The third kappa shape index (κ3) is 3.63. The number of nitrogens with one attached hydrogen (secondary N) is 1. The molecule has 0 bridgehead atoms. The van der Waals surface area contributed by atoms with Crippen molar-refractivity contribution in [3.05, 3.63) is 93.9 Å². The molecule has 2 aromatic carbocycles. The van der Waals surface area contributed by atoms with Crippen LogP contribution in [0.5, 0.6) is 5.75 Å². The monoisotopic (exact) mass is 476 g/mol. The molecule has 1 aliphatic heterocycles. The average Bonchev–Trinajstić information content (AvgIpc) is 2.82. The second-order valence-electron chi connectivity index (χ2n) is 8.43. The number of benzene rings is 2. The van der Waals surface area contributed by atoms with Gasteiger partial charge in [-0.15, -0.1) is 4.40 Å². The number of hydrogen-bond acceptors (Lipinski definition) is 7. The topological polar surface area (TPSA) is 120 Å². The molecule has 0 atom stereocenters. The van der Waals surface area contributed by atoms with Gasteiger partial charge < -0.3 is 10.4 Å². The minimum atomic E-state index is -3.60. The maximum atomic E-state index is 13.7. The summed E-state index contributed by atoms with van der Waals surface area (Å²) < 4.78 is 27.3. The highest BCUT2D eigenvalue weighted by atomic mass is 32.3. The van der Waals surface area contributed by atoms with Gasteiger partial charge in [0.15, 0.2) is 5.84 Å². The molecule has 4 aromatic rings. The summed E-state index contributed by atoms with van der Waals surface area (Å²) >= 11 is 0. The number of rotatable bonds is 4. The molecule has 34 heavy (non-hydrogen) atoms. The Morgan fingerprint density at radius 3 is 2.53 bits per heavy atom. The number of aromatic hydroxyl groups is 1. The Labute approximate surface area is 197 Å². The Morgan fingerprint density at radius 2 is 1.79 bits per heavy atom. The van der Waals surface area contributed by atoms with E-state index in [1.165, 1.54) is 4.57 Å². The normalized spacial score (nSPS) is 15.5. The van der Waals surface area contributed by atoms with Gasteiger partial charge >= 0.3 is 0 Å². The highest BCUT2D eigenvalue weighted by Gasteiger charge is 2.32. The van der Waals surface area contributed by atoms with E-state index in [1.807, 2.05) is 50.2 Å². The summed E-state index contributed by atoms with van der Waals surface area (Å²) in [7, 11) is -3.60. The number of anilines is 1. The van der Waals surface area contributed by atoms with Crippen molar-refractivity contribution < 1.29 is 14.2 Å². The van der Waals surface area contributed by atoms with E-state index in [2.05, 4.69) is 14.7 Å². The molecule has 1 aliphatic rings. The van der Waals surface area contributed by atoms with Crippen LogP contribution in [0, 0.1) is 0 Å². The zero-order valence-corrected chi connectivity index (χ0v) is 19.5. The molecule has 0 radical (unpaired) electrons. The lowest BCUT2D eigenvalue weighted by molar-refractivity contribution is 0.477. The number of para-hydroxylation sites is 1. The van der Waals surface area contributed by atoms with Crippen LogP contribution in [-0.4, -0.2) is 29.6 Å². The molecular weight excluding hydrogens is 452 g/mol. The van der Waals surface area contributed by atoms with E-state index < -0.39 is 16.3 Å². The van der Waals surface area contributed by atoms with Gasteiger partial charge in [0.2, 0.25) is 0 Å². The van der Waals surface area contributed by atoms with Gasteiger partial charge in [-0.2, -0.15) is 0 Å². The first kappa shape index (κ1) is 22.1. The fourth-order valence-corrected chi connectivity index (χ4v) is 5.40. The van der Waals surface area contributed by atoms with Crippen LogP contribution in [0.4, 0.5) is 5.69 Å². The molecule has 0 saturated carbocycles. The van der Waals surface area contributed by atoms with Crippen molar-refractivity contribution in [2.45, 2.75) is 31.2 Å². The average molecular weight is 477 g/mol. The van der Waals surface area contributed by atoms with Crippen molar-refractivity contribution in [3.63, 3.8) is 0 Å². The SMILES string of the molecule is CC(C)c1cccc2c1NC(c1c(O)c3cccnc3n(Cc3ccccc3)c1=O)=NS2(O)O. The van der Waals surface area contributed by atoms with Crippen molar-refractivity contribution in [3.8, 4) is 5.75 Å². The predicted molar refractivity (Wildman–Crippen MR) is 135 cm³/mol. The van der Waals surface area contributed by atoms with Gasteiger partial charge in [-0.1, -0.05) is 67.1 Å². The molecule has 9 heteroatoms. The quantitative estimate of drug-likeness (QED) is 0.323. The van der Waals surface area contributed by atoms with Crippen LogP contribution in [-0.2, 0) is 6.54 Å². The van der Waals surface area contributed by atoms with E-state index in [-0.39, 0.29) is 34.5 Å². The molecule has 0 saturated heterocycles. The third-order valence-corrected chi connectivity index (χ3v) is 7.22. The number of hydrogen-bond donors (Lipinski definition) is 4. The van der Waals surface area contributed by atoms with E-state index >= 15 is 0 Å². The Hall–Kier alpha value is -3.66. The lowest BCUT2D eigenvalue weighted by Gasteiger charge is -2.35. The Balaban J connectivity index is 1.75. The lowest BCUT2D eigenvalue weighted by atomic mass is 10.0. The number of pyridine rings is 2. The van der Waals surface area contributed by atoms with Crippen LogP contribution >= 0.6 is 10.8 Å². The van der Waals surface area contributed by atoms with E-state index in [0.717, 1.165) is 11.1 Å². The maximum Gasteiger partial charge on any atom is 0.267 e. The summed E-state index contributed by atoms with van der Waals surface area (Å²) in [5.41, 5.74) is 1.85. The van der Waals surface area contributed by atoms with Gasteiger partial charge in [-0.25, -0.2) is 4.98 Å². The number of amidine groups is 1. The van der Waals surface area contributed by atoms with E-state index in [1.54, 1.807) is 30.5 Å². The predicted octanol–water partition coefficient (Wildman–Crippen LogP) is 5.17. The summed E-state index contributed by atoms with van der Waals surface area (Å²) in [5, 5.41) is 14.6. The van der Waals surface area contributed by atoms with Crippen LogP contribution in [0.3, 0.4) is 0 Å². The maximum absolute atomic E-state index is 13.7. The van der Waals surface area contributed by atoms with Crippen molar-refractivity contribution >= 4 is 33.3 Å². The molecule has 5 rings (SSSR count). The Morgan fingerprint density at radius 1 is 1.03 bits per heavy atom. The fourth-order valence-electron chi connectivity index (χ4n) is 4.21. The molecule has 3 heterocycles. The molecule has 4 N–H and O–H groups in total. The van der Waals surface area contributed by atoms with Crippen LogP contribution < -0.4 is 10.9 Å². The standard InChI is InChI=1S/C25H24N4O4S/c1-15(2)17-10-6-12-19-21(17)27-23(28-34(19,32)33)20-22(30)18-11-7-13-26-24(18)29(25(20)31)14-16-8-4-3-5-9-16/h3-13,15,30,32-33H,14H2,1-2H3,(H,27,28). The molecular formula is C25H24N4O4S. The van der Waals surface area contributed by atoms with Crippen molar-refractivity contribution in [2.24, 2.45) is 4.40 Å². The van der Waals surface area contributed by atoms with Gasteiger partial charge in [0, 0.05) is 6.20 Å². The second kappa shape index (κ2) is 8.28. The molecule has 2 aromatic heterocycles. The Bertz CT molecular complexity index is 1500. The molecule has 8 nitrogen and oxygen atoms in total. The van der Waals surface area contributed by atoms with Crippen LogP contribution in [0.25, 0.3) is 11.0 Å². The summed E-state index contributed by atoms with van der Waals surface area (Å²) in [5.74, 6) is -0.332. The first-order chi connectivity index (χ1) is 16.3. The zero-order chi connectivity index (χ0) is 24.0. The summed E-state index contributed by atoms with van der Waals surface area (Å²) in [4.78, 5) is 18.3. The second-order valence-corrected chi connectivity index (χ2v) is 10.1. The minimum Gasteiger partial charge on any atom is -0.506 e. The smallest absolute Gasteiger partial charge is 0.267 e. The highest BCUT2D eigenvalue weighted by molar-refractivity contribution is 8.23. The molecule has 0 amide bonds. The molecule has 0 aliphatic carbocycles. The largest absolute Gasteiger partial charge is 0.506 e. The van der Waals surface area contributed by atoms with Crippen molar-refractivity contribution in [2.75, 3.05) is 5.32 Å². The van der Waals surface area contributed by atoms with E-state index in [4.69, 9.17) is 0 Å². The summed E-state index contributed by atoms with van der Waals surface area (Å²) in [6.07, 6.45) is 1.56. The summed E-state index contributed by atoms with van der Waals surface area (Å²) in [6.45, 7) is 4.19.